The number of amides is 1. The first-order chi connectivity index (χ1) is 15.0. The van der Waals surface area contributed by atoms with Gasteiger partial charge >= 0.3 is 0 Å². The molecule has 0 atom stereocenters. The lowest BCUT2D eigenvalue weighted by atomic mass is 9.97. The zero-order valence-electron chi connectivity index (χ0n) is 17.7. The highest BCUT2D eigenvalue weighted by atomic mass is 79.9. The van der Waals surface area contributed by atoms with Crippen LogP contribution in [0, 0.1) is 5.92 Å². The molecule has 0 aromatic heterocycles. The van der Waals surface area contributed by atoms with E-state index in [4.69, 9.17) is 0 Å². The lowest BCUT2D eigenvalue weighted by molar-refractivity contribution is -0.120. The van der Waals surface area contributed by atoms with Gasteiger partial charge in [0.05, 0.1) is 4.90 Å². The summed E-state index contributed by atoms with van der Waals surface area (Å²) in [5, 5.41) is 2.78. The van der Waals surface area contributed by atoms with Crippen LogP contribution in [0.2, 0.25) is 0 Å². The fourth-order valence-electron chi connectivity index (χ4n) is 3.27. The number of nitrogens with one attached hydrogen (secondary N) is 2. The molecule has 0 aliphatic carbocycles. The number of anilines is 2. The molecule has 0 spiro atoms. The quantitative estimate of drug-likeness (QED) is 0.555. The second-order valence-corrected chi connectivity index (χ2v) is 12.3. The number of carbonyl (C=O) groups is 1. The minimum absolute atomic E-state index is 0.0700. The third-order valence-electron chi connectivity index (χ3n) is 5.14. The van der Waals surface area contributed by atoms with Crippen LogP contribution in [0.3, 0.4) is 0 Å². The van der Waals surface area contributed by atoms with E-state index < -0.39 is 20.2 Å². The van der Waals surface area contributed by atoms with E-state index in [1.165, 1.54) is 42.7 Å². The number of halogens is 1. The predicted molar refractivity (Wildman–Crippen MR) is 127 cm³/mol. The van der Waals surface area contributed by atoms with E-state index in [9.17, 15) is 21.6 Å². The zero-order valence-corrected chi connectivity index (χ0v) is 20.9. The minimum atomic E-state index is -3.76. The number of carbonyl (C=O) groups excluding carboxylic acids is 1. The molecule has 3 rings (SSSR count). The molecule has 0 unspecified atom stereocenters. The van der Waals surface area contributed by atoms with Gasteiger partial charge in [0, 0.05) is 49.0 Å². The molecule has 174 valence electrons. The van der Waals surface area contributed by atoms with Gasteiger partial charge in [-0.3, -0.25) is 9.52 Å². The summed E-state index contributed by atoms with van der Waals surface area (Å²) < 4.78 is 55.4. The standard InChI is InChI=1S/C20H25BrN4O5S2/c1-24(2)32(29,30)25-13-11-15(12-14-25)20(26)22-17-7-9-19(10-8-17)31(27,28)23-18-5-3-16(21)4-6-18/h3-10,15,23H,11-14H2,1-2H3,(H,22,26). The molecule has 0 saturated carbocycles. The van der Waals surface area contributed by atoms with E-state index in [-0.39, 0.29) is 29.8 Å². The monoisotopic (exact) mass is 544 g/mol. The summed E-state index contributed by atoms with van der Waals surface area (Å²) >= 11 is 3.30. The molecule has 1 aliphatic rings. The molecule has 1 heterocycles. The second-order valence-electron chi connectivity index (χ2n) is 7.59. The lowest BCUT2D eigenvalue weighted by Crippen LogP contribution is -2.46. The van der Waals surface area contributed by atoms with Gasteiger partial charge in [0.2, 0.25) is 5.91 Å². The number of hydrogen-bond donors (Lipinski definition) is 2. The molecule has 2 aromatic rings. The van der Waals surface area contributed by atoms with Crippen molar-refractivity contribution in [3.63, 3.8) is 0 Å². The summed E-state index contributed by atoms with van der Waals surface area (Å²) in [6.45, 7) is 0.551. The van der Waals surface area contributed by atoms with E-state index in [1.54, 1.807) is 24.3 Å². The molecule has 9 nitrogen and oxygen atoms in total. The summed E-state index contributed by atoms with van der Waals surface area (Å²) in [6, 6.07) is 12.6. The molecule has 0 radical (unpaired) electrons. The first-order valence-corrected chi connectivity index (χ1v) is 13.5. The third-order valence-corrected chi connectivity index (χ3v) is 9.01. The van der Waals surface area contributed by atoms with Crippen LogP contribution < -0.4 is 10.0 Å². The Morgan fingerprint density at radius 2 is 1.47 bits per heavy atom. The highest BCUT2D eigenvalue weighted by molar-refractivity contribution is 9.10. The van der Waals surface area contributed by atoms with Crippen molar-refractivity contribution in [1.29, 1.82) is 0 Å². The molecular weight excluding hydrogens is 520 g/mol. The Morgan fingerprint density at radius 1 is 0.938 bits per heavy atom. The molecule has 1 saturated heterocycles. The predicted octanol–water partition coefficient (Wildman–Crippen LogP) is 2.71. The molecular formula is C20H25BrN4O5S2. The van der Waals surface area contributed by atoms with Gasteiger partial charge in [0.1, 0.15) is 0 Å². The summed E-state index contributed by atoms with van der Waals surface area (Å²) in [5.41, 5.74) is 0.911. The summed E-state index contributed by atoms with van der Waals surface area (Å²) in [7, 11) is -4.29. The van der Waals surface area contributed by atoms with Crippen LogP contribution in [0.1, 0.15) is 12.8 Å². The highest BCUT2D eigenvalue weighted by Crippen LogP contribution is 2.24. The van der Waals surface area contributed by atoms with Crippen molar-refractivity contribution in [1.82, 2.24) is 8.61 Å². The van der Waals surface area contributed by atoms with Gasteiger partial charge < -0.3 is 5.32 Å². The Labute approximate surface area is 197 Å². The van der Waals surface area contributed by atoms with Crippen molar-refractivity contribution in [3.05, 3.63) is 53.0 Å². The van der Waals surface area contributed by atoms with E-state index in [0.29, 0.717) is 24.2 Å². The average Bonchev–Trinajstić information content (AvgIpc) is 2.75. The van der Waals surface area contributed by atoms with Gasteiger partial charge in [-0.05, 0) is 61.4 Å². The smallest absolute Gasteiger partial charge is 0.281 e. The number of benzene rings is 2. The maximum Gasteiger partial charge on any atom is 0.281 e. The topological polar surface area (TPSA) is 116 Å². The van der Waals surface area contributed by atoms with Crippen molar-refractivity contribution in [2.24, 2.45) is 5.92 Å². The van der Waals surface area contributed by atoms with E-state index in [0.717, 1.165) is 8.78 Å². The van der Waals surface area contributed by atoms with Crippen LogP contribution in [-0.4, -0.2) is 58.5 Å². The Balaban J connectivity index is 1.58. The van der Waals surface area contributed by atoms with Crippen LogP contribution in [0.25, 0.3) is 0 Å². The first kappa shape index (κ1) is 24.6. The van der Waals surface area contributed by atoms with Crippen molar-refractivity contribution in [3.8, 4) is 0 Å². The number of nitrogens with zero attached hydrogens (tertiary/aromatic N) is 2. The zero-order chi connectivity index (χ0) is 23.5. The largest absolute Gasteiger partial charge is 0.326 e. The Hall–Kier alpha value is -1.99. The van der Waals surface area contributed by atoms with Crippen LogP contribution in [0.4, 0.5) is 11.4 Å². The summed E-state index contributed by atoms with van der Waals surface area (Å²) in [6.07, 6.45) is 0.838. The number of piperidine rings is 1. The molecule has 2 aromatic carbocycles. The van der Waals surface area contributed by atoms with Gasteiger partial charge in [-0.1, -0.05) is 15.9 Å². The fraction of sp³-hybridized carbons (Fsp3) is 0.350. The summed E-state index contributed by atoms with van der Waals surface area (Å²) in [4.78, 5) is 12.7. The second kappa shape index (κ2) is 9.87. The summed E-state index contributed by atoms with van der Waals surface area (Å²) in [5.74, 6) is -0.526. The van der Waals surface area contributed by atoms with Crippen LogP contribution in [0.5, 0.6) is 0 Å². The van der Waals surface area contributed by atoms with E-state index in [2.05, 4.69) is 26.0 Å². The Bertz CT molecular complexity index is 1160. The van der Waals surface area contributed by atoms with Crippen LogP contribution >= 0.6 is 15.9 Å². The van der Waals surface area contributed by atoms with Gasteiger partial charge in [0.25, 0.3) is 20.2 Å². The fourth-order valence-corrected chi connectivity index (χ4v) is 5.73. The molecule has 0 bridgehead atoms. The van der Waals surface area contributed by atoms with Gasteiger partial charge in [-0.2, -0.15) is 17.0 Å². The molecule has 1 fully saturated rings. The third kappa shape index (κ3) is 5.87. The molecule has 2 N–H and O–H groups in total. The van der Waals surface area contributed by atoms with Crippen LogP contribution in [0.15, 0.2) is 57.9 Å². The highest BCUT2D eigenvalue weighted by Gasteiger charge is 2.32. The van der Waals surface area contributed by atoms with Gasteiger partial charge in [-0.15, -0.1) is 0 Å². The number of sulfonamides is 1. The molecule has 12 heteroatoms. The SMILES string of the molecule is CN(C)S(=O)(=O)N1CCC(C(=O)Nc2ccc(S(=O)(=O)Nc3ccc(Br)cc3)cc2)CC1. The first-order valence-electron chi connectivity index (χ1n) is 9.86. The van der Waals surface area contributed by atoms with Crippen molar-refractivity contribution in [2.45, 2.75) is 17.7 Å². The van der Waals surface area contributed by atoms with E-state index in [1.807, 2.05) is 0 Å². The Morgan fingerprint density at radius 3 is 2.00 bits per heavy atom. The molecule has 1 amide bonds. The average molecular weight is 545 g/mol. The maximum atomic E-state index is 12.6. The molecule has 1 aliphatic heterocycles. The minimum Gasteiger partial charge on any atom is -0.326 e. The Kier molecular flexibility index (Phi) is 7.61. The number of rotatable bonds is 7. The van der Waals surface area contributed by atoms with Gasteiger partial charge in [0.15, 0.2) is 0 Å². The van der Waals surface area contributed by atoms with E-state index >= 15 is 0 Å². The lowest BCUT2D eigenvalue weighted by Gasteiger charge is -2.32. The maximum absolute atomic E-state index is 12.6. The normalized spacial score (nSPS) is 16.1. The van der Waals surface area contributed by atoms with Crippen LogP contribution in [-0.2, 0) is 25.0 Å². The number of hydrogen-bond acceptors (Lipinski definition) is 5. The van der Waals surface area contributed by atoms with Crippen molar-refractivity contribution < 1.29 is 21.6 Å². The molecule has 32 heavy (non-hydrogen) atoms. The van der Waals surface area contributed by atoms with Gasteiger partial charge in [-0.25, -0.2) is 8.42 Å². The van der Waals surface area contributed by atoms with Crippen molar-refractivity contribution >= 4 is 53.4 Å². The van der Waals surface area contributed by atoms with Crippen molar-refractivity contribution in [2.75, 3.05) is 37.2 Å².